The van der Waals surface area contributed by atoms with E-state index >= 15 is 0 Å². The van der Waals surface area contributed by atoms with Crippen molar-refractivity contribution in [1.29, 1.82) is 0 Å². The summed E-state index contributed by atoms with van der Waals surface area (Å²) in [5, 5.41) is 14.3. The summed E-state index contributed by atoms with van der Waals surface area (Å²) in [6.45, 7) is 6.61. The number of phenolic OH excluding ortho intramolecular Hbond substituents is 1. The minimum Gasteiger partial charge on any atom is -0.508 e. The Bertz CT molecular complexity index is 1060. The van der Waals surface area contributed by atoms with Crippen LogP contribution in [-0.2, 0) is 6.54 Å². The number of hydrogen-bond acceptors (Lipinski definition) is 5. The molecule has 2 heterocycles. The molecule has 1 fully saturated rings. The monoisotopic (exact) mass is 408 g/mol. The Kier molecular flexibility index (Phi) is 5.68. The number of piperidine rings is 1. The summed E-state index contributed by atoms with van der Waals surface area (Å²) >= 11 is 0. The molecule has 1 atom stereocenters. The van der Waals surface area contributed by atoms with E-state index in [0.29, 0.717) is 40.4 Å². The second kappa shape index (κ2) is 8.40. The van der Waals surface area contributed by atoms with Gasteiger partial charge in [-0.3, -0.25) is 9.69 Å². The van der Waals surface area contributed by atoms with Crippen LogP contribution in [0, 0.1) is 12.8 Å². The number of aryl methyl sites for hydroxylation is 1. The Morgan fingerprint density at radius 3 is 2.73 bits per heavy atom. The Hall–Kier alpha value is -2.99. The minimum atomic E-state index is -0.254. The first kappa shape index (κ1) is 20.3. The average molecular weight is 408 g/mol. The van der Waals surface area contributed by atoms with Gasteiger partial charge >= 0.3 is 0 Å². The van der Waals surface area contributed by atoms with Gasteiger partial charge in [-0.25, -0.2) is 0 Å². The minimum absolute atomic E-state index is 0.194. The van der Waals surface area contributed by atoms with Crippen molar-refractivity contribution in [3.05, 3.63) is 53.3 Å². The van der Waals surface area contributed by atoms with Gasteiger partial charge in [-0.05, 0) is 68.6 Å². The molecule has 0 unspecified atom stereocenters. The number of nitrogens with zero attached hydrogens (tertiary/aromatic N) is 1. The summed E-state index contributed by atoms with van der Waals surface area (Å²) in [5.74, 6) is 1.83. The first-order valence-corrected chi connectivity index (χ1v) is 10.4. The lowest BCUT2D eigenvalue weighted by Gasteiger charge is -2.31. The molecule has 0 radical (unpaired) electrons. The smallest absolute Gasteiger partial charge is 0.259 e. The van der Waals surface area contributed by atoms with E-state index in [1.165, 1.54) is 6.42 Å². The highest BCUT2D eigenvalue weighted by atomic mass is 16.5. The van der Waals surface area contributed by atoms with Crippen LogP contribution in [0.3, 0.4) is 0 Å². The lowest BCUT2D eigenvalue weighted by atomic mass is 9.98. The van der Waals surface area contributed by atoms with Crippen LogP contribution >= 0.6 is 0 Å². The molecule has 0 aliphatic carbocycles. The zero-order valence-corrected chi connectivity index (χ0v) is 17.7. The Morgan fingerprint density at radius 2 is 2.03 bits per heavy atom. The molecule has 3 aromatic rings. The van der Waals surface area contributed by atoms with Crippen molar-refractivity contribution in [2.24, 2.45) is 5.92 Å². The highest BCUT2D eigenvalue weighted by Gasteiger charge is 2.25. The molecule has 2 aromatic carbocycles. The molecule has 1 aliphatic heterocycles. The van der Waals surface area contributed by atoms with Gasteiger partial charge in [-0.1, -0.05) is 6.92 Å². The first-order chi connectivity index (χ1) is 14.5. The van der Waals surface area contributed by atoms with Crippen molar-refractivity contribution in [2.75, 3.05) is 25.5 Å². The number of amides is 1. The zero-order valence-electron chi connectivity index (χ0n) is 17.7. The number of rotatable bonds is 5. The Balaban J connectivity index is 1.69. The number of anilines is 1. The summed E-state index contributed by atoms with van der Waals surface area (Å²) in [6.07, 6.45) is 2.38. The number of fused-ring (bicyclic) bond motifs is 1. The summed E-state index contributed by atoms with van der Waals surface area (Å²) in [7, 11) is 1.60. The van der Waals surface area contributed by atoms with Gasteiger partial charge < -0.3 is 19.6 Å². The van der Waals surface area contributed by atoms with Crippen molar-refractivity contribution >= 4 is 22.6 Å². The van der Waals surface area contributed by atoms with Gasteiger partial charge in [0.15, 0.2) is 0 Å². The van der Waals surface area contributed by atoms with Gasteiger partial charge in [0.2, 0.25) is 0 Å². The molecule has 1 amide bonds. The zero-order chi connectivity index (χ0) is 21.3. The number of carbonyl (C=O) groups excluding carboxylic acids is 1. The highest BCUT2D eigenvalue weighted by Crippen LogP contribution is 2.35. The molecular formula is C24H28N2O4. The van der Waals surface area contributed by atoms with Crippen LogP contribution in [-0.4, -0.2) is 36.1 Å². The third-order valence-corrected chi connectivity index (χ3v) is 5.81. The van der Waals surface area contributed by atoms with E-state index in [1.54, 1.807) is 50.4 Å². The van der Waals surface area contributed by atoms with Crippen molar-refractivity contribution < 1.29 is 19.1 Å². The number of nitrogens with one attached hydrogen (secondary N) is 1. The second-order valence-corrected chi connectivity index (χ2v) is 8.13. The maximum atomic E-state index is 13.2. The number of carbonyl (C=O) groups is 1. The van der Waals surface area contributed by atoms with E-state index in [1.807, 2.05) is 0 Å². The van der Waals surface area contributed by atoms with Crippen LogP contribution in [0.25, 0.3) is 11.0 Å². The summed E-state index contributed by atoms with van der Waals surface area (Å²) in [4.78, 5) is 15.5. The van der Waals surface area contributed by atoms with Crippen LogP contribution in [0.1, 0.15) is 41.4 Å². The predicted molar refractivity (Wildman–Crippen MR) is 117 cm³/mol. The molecular weight excluding hydrogens is 380 g/mol. The molecule has 1 aromatic heterocycles. The fourth-order valence-electron chi connectivity index (χ4n) is 4.32. The lowest BCUT2D eigenvalue weighted by Crippen LogP contribution is -2.33. The van der Waals surface area contributed by atoms with Crippen molar-refractivity contribution in [1.82, 2.24) is 4.90 Å². The van der Waals surface area contributed by atoms with Gasteiger partial charge in [-0.2, -0.15) is 0 Å². The molecule has 6 heteroatoms. The van der Waals surface area contributed by atoms with Gasteiger partial charge in [0.25, 0.3) is 5.91 Å². The number of benzene rings is 2. The number of ether oxygens (including phenoxy) is 1. The maximum Gasteiger partial charge on any atom is 0.259 e. The van der Waals surface area contributed by atoms with E-state index < -0.39 is 0 Å². The van der Waals surface area contributed by atoms with E-state index in [2.05, 4.69) is 17.1 Å². The van der Waals surface area contributed by atoms with Crippen molar-refractivity contribution in [3.8, 4) is 11.5 Å². The molecule has 0 saturated carbocycles. The molecule has 6 nitrogen and oxygen atoms in total. The van der Waals surface area contributed by atoms with Gasteiger partial charge in [-0.15, -0.1) is 0 Å². The number of furan rings is 1. The van der Waals surface area contributed by atoms with Crippen molar-refractivity contribution in [2.45, 2.75) is 33.2 Å². The predicted octanol–water partition coefficient (Wildman–Crippen LogP) is 4.94. The average Bonchev–Trinajstić information content (AvgIpc) is 3.07. The molecule has 4 rings (SSSR count). The molecule has 0 bridgehead atoms. The van der Waals surface area contributed by atoms with Crippen LogP contribution in [0.15, 0.2) is 40.8 Å². The van der Waals surface area contributed by atoms with E-state index in [9.17, 15) is 9.90 Å². The van der Waals surface area contributed by atoms with Gasteiger partial charge in [0, 0.05) is 29.7 Å². The second-order valence-electron chi connectivity index (χ2n) is 8.13. The number of likely N-dealkylation sites (tertiary alicyclic amines) is 1. The normalized spacial score (nSPS) is 17.2. The quantitative estimate of drug-likeness (QED) is 0.625. The van der Waals surface area contributed by atoms with E-state index in [4.69, 9.17) is 9.15 Å². The maximum absolute atomic E-state index is 13.2. The first-order valence-electron chi connectivity index (χ1n) is 10.4. The van der Waals surface area contributed by atoms with E-state index in [-0.39, 0.29) is 11.7 Å². The van der Waals surface area contributed by atoms with Crippen LogP contribution in [0.5, 0.6) is 11.5 Å². The highest BCUT2D eigenvalue weighted by molar-refractivity contribution is 6.14. The SMILES string of the molecule is COc1ccc(NC(=O)c2c(C)oc3ccc(O)c(CN4CCC[C@@H](C)C4)c23)cc1. The van der Waals surface area contributed by atoms with E-state index in [0.717, 1.165) is 30.8 Å². The number of aromatic hydroxyl groups is 1. The summed E-state index contributed by atoms with van der Waals surface area (Å²) in [6, 6.07) is 10.6. The molecule has 30 heavy (non-hydrogen) atoms. The van der Waals surface area contributed by atoms with Crippen LogP contribution in [0.2, 0.25) is 0 Å². The lowest BCUT2D eigenvalue weighted by molar-refractivity contribution is 0.102. The number of phenols is 1. The number of methoxy groups -OCH3 is 1. The fourth-order valence-corrected chi connectivity index (χ4v) is 4.32. The third kappa shape index (κ3) is 4.00. The summed E-state index contributed by atoms with van der Waals surface area (Å²) < 4.78 is 11.1. The fraction of sp³-hybridized carbons (Fsp3) is 0.375. The Morgan fingerprint density at radius 1 is 1.27 bits per heavy atom. The van der Waals surface area contributed by atoms with Crippen LogP contribution in [0.4, 0.5) is 5.69 Å². The summed E-state index contributed by atoms with van der Waals surface area (Å²) in [5.41, 5.74) is 2.50. The third-order valence-electron chi connectivity index (χ3n) is 5.81. The molecule has 0 spiro atoms. The number of hydrogen-bond donors (Lipinski definition) is 2. The largest absolute Gasteiger partial charge is 0.508 e. The van der Waals surface area contributed by atoms with Gasteiger partial charge in [0.05, 0.1) is 12.7 Å². The van der Waals surface area contributed by atoms with Crippen molar-refractivity contribution in [3.63, 3.8) is 0 Å². The molecule has 158 valence electrons. The topological polar surface area (TPSA) is 74.9 Å². The molecule has 1 saturated heterocycles. The molecule has 1 aliphatic rings. The van der Waals surface area contributed by atoms with Crippen LogP contribution < -0.4 is 10.1 Å². The standard InChI is InChI=1S/C24H28N2O4/c1-15-5-4-12-26(13-15)14-19-20(27)10-11-21-23(19)22(16(2)30-21)24(28)25-17-6-8-18(29-3)9-7-17/h6-11,15,27H,4-5,12-14H2,1-3H3,(H,25,28)/t15-/m1/s1. The Labute approximate surface area is 176 Å². The molecule has 2 N–H and O–H groups in total. The van der Waals surface area contributed by atoms with Gasteiger partial charge in [0.1, 0.15) is 22.8 Å².